The number of nitrogens with one attached hydrogen (secondary N) is 1. The third-order valence-electron chi connectivity index (χ3n) is 3.80. The first kappa shape index (κ1) is 17.2. The Labute approximate surface area is 158 Å². The third kappa shape index (κ3) is 3.51. The van der Waals surface area contributed by atoms with Crippen LogP contribution in [0.4, 0.5) is 5.95 Å². The third-order valence-corrected chi connectivity index (χ3v) is 3.80. The molecule has 2 aromatic heterocycles. The van der Waals surface area contributed by atoms with E-state index >= 15 is 0 Å². The molecule has 0 saturated carbocycles. The van der Waals surface area contributed by atoms with E-state index in [-0.39, 0.29) is 12.0 Å². The van der Waals surface area contributed by atoms with E-state index in [1.165, 1.54) is 9.47 Å². The Kier molecular flexibility index (Phi) is 4.65. The number of ether oxygens (including phenoxy) is 2. The molecule has 0 atom stereocenters. The van der Waals surface area contributed by atoms with Gasteiger partial charge in [-0.3, -0.25) is 0 Å². The summed E-state index contributed by atoms with van der Waals surface area (Å²) >= 11 is 0. The average Bonchev–Trinajstić information content (AvgIpc) is 3.36. The molecule has 0 aliphatic heterocycles. The molecule has 142 valence electrons. The van der Waals surface area contributed by atoms with Gasteiger partial charge in [0, 0.05) is 0 Å². The molecule has 0 spiro atoms. The maximum absolute atomic E-state index is 5.87. The average molecular weight is 380 g/mol. The minimum Gasteiger partial charge on any atom is -0.493 e. The number of para-hydroxylation sites is 1. The molecule has 4 rings (SSSR count). The summed E-state index contributed by atoms with van der Waals surface area (Å²) in [7, 11) is 1.55. The number of rotatable bonds is 7. The molecule has 0 bridgehead atoms. The molecule has 4 aromatic rings. The summed E-state index contributed by atoms with van der Waals surface area (Å²) in [6, 6.07) is 15.1. The van der Waals surface area contributed by atoms with Crippen molar-refractivity contribution < 1.29 is 9.47 Å². The Bertz CT molecular complexity index is 1060. The van der Waals surface area contributed by atoms with Crippen LogP contribution < -0.4 is 20.6 Å². The Morgan fingerprint density at radius 1 is 1.00 bits per heavy atom. The topological polar surface area (TPSA) is 144 Å². The maximum Gasteiger partial charge on any atom is 0.346 e. The van der Waals surface area contributed by atoms with Crippen molar-refractivity contribution in [2.75, 3.05) is 18.3 Å². The predicted molar refractivity (Wildman–Crippen MR) is 97.5 cm³/mol. The molecular weight excluding hydrogens is 364 g/mol. The van der Waals surface area contributed by atoms with Crippen LogP contribution in [-0.4, -0.2) is 47.6 Å². The van der Waals surface area contributed by atoms with E-state index in [9.17, 15) is 0 Å². The summed E-state index contributed by atoms with van der Waals surface area (Å²) in [5.41, 5.74) is 10.3. The SMILES string of the molecule is COc1cc(CNn2nnnc2N)ccc1Oc1nnnn1-c1ccccc1. The quantitative estimate of drug-likeness (QED) is 0.472. The van der Waals surface area contributed by atoms with E-state index in [0.29, 0.717) is 18.0 Å². The van der Waals surface area contributed by atoms with Gasteiger partial charge >= 0.3 is 6.01 Å². The number of hydrogen-bond donors (Lipinski definition) is 2. The van der Waals surface area contributed by atoms with E-state index in [0.717, 1.165) is 11.3 Å². The van der Waals surface area contributed by atoms with Gasteiger partial charge in [-0.1, -0.05) is 34.5 Å². The normalized spacial score (nSPS) is 10.6. The van der Waals surface area contributed by atoms with Gasteiger partial charge in [0.15, 0.2) is 11.5 Å². The number of hydrogen-bond acceptors (Lipinski definition) is 10. The van der Waals surface area contributed by atoms with Crippen molar-refractivity contribution in [3.63, 3.8) is 0 Å². The zero-order chi connectivity index (χ0) is 19.3. The van der Waals surface area contributed by atoms with Crippen molar-refractivity contribution in [1.82, 2.24) is 40.5 Å². The van der Waals surface area contributed by atoms with Gasteiger partial charge in [-0.15, -0.1) is 4.79 Å². The standard InChI is InChI=1S/C16H16N10O2/c1-27-14-9-11(10-18-26-15(17)19-21-24-26)7-8-13(14)28-16-20-22-23-25(16)12-5-3-2-4-6-12/h2-9,18H,10H2,1H3,(H2,17,19,24). The number of nitrogens with two attached hydrogens (primary N) is 1. The lowest BCUT2D eigenvalue weighted by atomic mass is 10.2. The number of benzene rings is 2. The van der Waals surface area contributed by atoms with Crippen LogP contribution in [0.1, 0.15) is 5.56 Å². The Morgan fingerprint density at radius 2 is 1.82 bits per heavy atom. The van der Waals surface area contributed by atoms with Crippen molar-refractivity contribution in [2.24, 2.45) is 0 Å². The first-order chi connectivity index (χ1) is 13.7. The van der Waals surface area contributed by atoms with Crippen LogP contribution in [0.3, 0.4) is 0 Å². The van der Waals surface area contributed by atoms with Crippen LogP contribution in [-0.2, 0) is 6.54 Å². The Hall–Kier alpha value is -4.22. The zero-order valence-electron chi connectivity index (χ0n) is 14.8. The number of nitrogens with zero attached hydrogens (tertiary/aromatic N) is 8. The van der Waals surface area contributed by atoms with Gasteiger partial charge in [0.05, 0.1) is 19.3 Å². The second kappa shape index (κ2) is 7.57. The summed E-state index contributed by atoms with van der Waals surface area (Å²) in [5, 5.41) is 22.4. The fourth-order valence-corrected chi connectivity index (χ4v) is 2.45. The molecule has 0 amide bonds. The number of aromatic nitrogens is 8. The number of methoxy groups -OCH3 is 1. The summed E-state index contributed by atoms with van der Waals surface area (Å²) in [6.45, 7) is 0.424. The van der Waals surface area contributed by atoms with E-state index < -0.39 is 0 Å². The lowest BCUT2D eigenvalue weighted by Crippen LogP contribution is -2.18. The highest BCUT2D eigenvalue weighted by Crippen LogP contribution is 2.32. The molecule has 0 aliphatic rings. The molecule has 28 heavy (non-hydrogen) atoms. The maximum atomic E-state index is 5.87. The van der Waals surface area contributed by atoms with Gasteiger partial charge in [0.25, 0.3) is 5.95 Å². The lowest BCUT2D eigenvalue weighted by molar-refractivity contribution is 0.363. The van der Waals surface area contributed by atoms with Gasteiger partial charge in [-0.2, -0.15) is 4.68 Å². The van der Waals surface area contributed by atoms with Crippen LogP contribution in [0.2, 0.25) is 0 Å². The highest BCUT2D eigenvalue weighted by Gasteiger charge is 2.14. The van der Waals surface area contributed by atoms with Crippen LogP contribution >= 0.6 is 0 Å². The minimum absolute atomic E-state index is 0.166. The van der Waals surface area contributed by atoms with Crippen molar-refractivity contribution in [3.05, 3.63) is 54.1 Å². The van der Waals surface area contributed by atoms with Crippen molar-refractivity contribution in [3.8, 4) is 23.2 Å². The summed E-state index contributed by atoms with van der Waals surface area (Å²) in [6.07, 6.45) is 0. The van der Waals surface area contributed by atoms with Crippen molar-refractivity contribution in [2.45, 2.75) is 6.54 Å². The Balaban J connectivity index is 1.53. The number of tetrazole rings is 2. The van der Waals surface area contributed by atoms with Crippen molar-refractivity contribution >= 4 is 5.95 Å². The second-order valence-corrected chi connectivity index (χ2v) is 5.58. The molecule has 2 aromatic carbocycles. The minimum atomic E-state index is 0.166. The van der Waals surface area contributed by atoms with E-state index in [1.54, 1.807) is 13.2 Å². The van der Waals surface area contributed by atoms with Crippen LogP contribution in [0.15, 0.2) is 48.5 Å². The van der Waals surface area contributed by atoms with Gasteiger partial charge in [0.2, 0.25) is 0 Å². The summed E-state index contributed by atoms with van der Waals surface area (Å²) < 4.78 is 12.8. The highest BCUT2D eigenvalue weighted by molar-refractivity contribution is 5.45. The van der Waals surface area contributed by atoms with Gasteiger partial charge in [-0.05, 0) is 50.7 Å². The van der Waals surface area contributed by atoms with Crippen molar-refractivity contribution in [1.29, 1.82) is 0 Å². The molecule has 2 heterocycles. The number of nitrogen functional groups attached to an aromatic ring is 1. The second-order valence-electron chi connectivity index (χ2n) is 5.58. The van der Waals surface area contributed by atoms with E-state index in [2.05, 4.69) is 36.5 Å². The fraction of sp³-hybridized carbons (Fsp3) is 0.125. The first-order valence-corrected chi connectivity index (χ1v) is 8.21. The highest BCUT2D eigenvalue weighted by atomic mass is 16.5. The van der Waals surface area contributed by atoms with Gasteiger partial charge in [-0.25, -0.2) is 0 Å². The molecule has 0 radical (unpaired) electrons. The molecular formula is C16H16N10O2. The molecule has 12 nitrogen and oxygen atoms in total. The fourth-order valence-electron chi connectivity index (χ4n) is 2.45. The lowest BCUT2D eigenvalue weighted by Gasteiger charge is -2.12. The first-order valence-electron chi connectivity index (χ1n) is 8.21. The Morgan fingerprint density at radius 3 is 2.57 bits per heavy atom. The predicted octanol–water partition coefficient (Wildman–Crippen LogP) is 0.776. The number of anilines is 1. The summed E-state index contributed by atoms with van der Waals surface area (Å²) in [5.74, 6) is 1.16. The smallest absolute Gasteiger partial charge is 0.346 e. The molecule has 0 unspecified atom stereocenters. The van der Waals surface area contributed by atoms with E-state index in [1.807, 2.05) is 42.5 Å². The van der Waals surface area contributed by atoms with Crippen LogP contribution in [0.25, 0.3) is 5.69 Å². The molecule has 12 heteroatoms. The van der Waals surface area contributed by atoms with E-state index in [4.69, 9.17) is 15.2 Å². The molecule has 0 aliphatic carbocycles. The zero-order valence-corrected chi connectivity index (χ0v) is 14.8. The molecule has 0 saturated heterocycles. The van der Waals surface area contributed by atoms with Gasteiger partial charge in [0.1, 0.15) is 0 Å². The molecule has 3 N–H and O–H groups in total. The van der Waals surface area contributed by atoms with Gasteiger partial charge < -0.3 is 20.6 Å². The van der Waals surface area contributed by atoms with Crippen LogP contribution in [0, 0.1) is 0 Å². The molecule has 0 fully saturated rings. The van der Waals surface area contributed by atoms with Crippen LogP contribution in [0.5, 0.6) is 17.5 Å². The monoisotopic (exact) mass is 380 g/mol. The largest absolute Gasteiger partial charge is 0.493 e. The summed E-state index contributed by atoms with van der Waals surface area (Å²) in [4.78, 5) is 1.28.